The number of alkyl halides is 3. The molecule has 0 saturated heterocycles. The summed E-state index contributed by atoms with van der Waals surface area (Å²) in [5.41, 5.74) is 2.89. The number of halogens is 3. The molecule has 0 aliphatic rings. The van der Waals surface area contributed by atoms with Crippen molar-refractivity contribution in [1.82, 2.24) is 25.5 Å². The molecule has 0 unspecified atom stereocenters. The molecule has 0 aromatic carbocycles. The normalized spacial score (nSPS) is 12.3. The van der Waals surface area contributed by atoms with Crippen molar-refractivity contribution in [1.29, 1.82) is 5.41 Å². The first-order valence-corrected chi connectivity index (χ1v) is 9.13. The number of pyridine rings is 2. The minimum absolute atomic E-state index is 0.254. The molecular formula is C20H20F3N7. The number of hydrogen-bond acceptors (Lipinski definition) is 7. The van der Waals surface area contributed by atoms with E-state index in [2.05, 4.69) is 44.6 Å². The highest BCUT2D eigenvalue weighted by atomic mass is 19.4. The highest BCUT2D eigenvalue weighted by molar-refractivity contribution is 6.08. The van der Waals surface area contributed by atoms with E-state index < -0.39 is 12.7 Å². The van der Waals surface area contributed by atoms with Crippen LogP contribution >= 0.6 is 0 Å². The second-order valence-corrected chi connectivity index (χ2v) is 6.85. The zero-order chi connectivity index (χ0) is 21.7. The van der Waals surface area contributed by atoms with Gasteiger partial charge in [-0.3, -0.25) is 4.98 Å². The van der Waals surface area contributed by atoms with Crippen molar-refractivity contribution in [2.24, 2.45) is 0 Å². The Kier molecular flexibility index (Phi) is 6.24. The van der Waals surface area contributed by atoms with Crippen molar-refractivity contribution in [3.05, 3.63) is 54.0 Å². The van der Waals surface area contributed by atoms with Crippen molar-refractivity contribution in [3.8, 4) is 0 Å². The van der Waals surface area contributed by atoms with Crippen molar-refractivity contribution in [2.75, 3.05) is 11.9 Å². The fourth-order valence-electron chi connectivity index (χ4n) is 2.61. The predicted molar refractivity (Wildman–Crippen MR) is 110 cm³/mol. The zero-order valence-electron chi connectivity index (χ0n) is 16.3. The summed E-state index contributed by atoms with van der Waals surface area (Å²) in [6, 6.07) is 7.07. The Hall–Kier alpha value is -3.56. The molecule has 0 spiro atoms. The molecule has 3 heterocycles. The second-order valence-electron chi connectivity index (χ2n) is 6.85. The number of rotatable bonds is 7. The van der Waals surface area contributed by atoms with Crippen LogP contribution in [0, 0.1) is 5.41 Å². The van der Waals surface area contributed by atoms with Gasteiger partial charge in [-0.25, -0.2) is 4.98 Å². The number of allylic oxidation sites excluding steroid dienone is 1. The predicted octanol–water partition coefficient (Wildman–Crippen LogP) is 4.43. The Labute approximate surface area is 171 Å². The Morgan fingerprint density at radius 3 is 2.63 bits per heavy atom. The van der Waals surface area contributed by atoms with Gasteiger partial charge in [0, 0.05) is 29.7 Å². The van der Waals surface area contributed by atoms with Crippen molar-refractivity contribution < 1.29 is 13.2 Å². The van der Waals surface area contributed by atoms with Crippen molar-refractivity contribution in [2.45, 2.75) is 25.9 Å². The Bertz CT molecular complexity index is 1080. The van der Waals surface area contributed by atoms with Gasteiger partial charge in [0.15, 0.2) is 5.82 Å². The average Bonchev–Trinajstić information content (AvgIpc) is 2.70. The molecular weight excluding hydrogens is 395 g/mol. The molecule has 0 aliphatic heterocycles. The summed E-state index contributed by atoms with van der Waals surface area (Å²) < 4.78 is 37.0. The molecule has 3 rings (SSSR count). The zero-order valence-corrected chi connectivity index (χ0v) is 16.3. The Balaban J connectivity index is 1.86. The third-order valence-electron chi connectivity index (χ3n) is 4.18. The quantitative estimate of drug-likeness (QED) is 0.494. The lowest BCUT2D eigenvalue weighted by molar-refractivity contribution is -0.122. The van der Waals surface area contributed by atoms with E-state index >= 15 is 0 Å². The van der Waals surface area contributed by atoms with Gasteiger partial charge in [0.25, 0.3) is 0 Å². The summed E-state index contributed by atoms with van der Waals surface area (Å²) in [5.74, 6) is 1.37. The first-order chi connectivity index (χ1) is 14.2. The lowest BCUT2D eigenvalue weighted by Gasteiger charge is -2.10. The standard InChI is InChI=1S/C20H20F3N7/c1-12(2)13-6-19(30-27-10-13)29-18-4-3-16-17(28-18)5-14(9-26-16)15(7-24)8-25-11-20(21,22)23/h3-10,12,24-25H,11H2,1-2H3,(H,28,29,30)/b15-8+,24-7?. The molecule has 0 aliphatic carbocycles. The summed E-state index contributed by atoms with van der Waals surface area (Å²) in [7, 11) is 0. The Morgan fingerprint density at radius 2 is 1.93 bits per heavy atom. The van der Waals surface area contributed by atoms with Crippen molar-refractivity contribution >= 4 is 34.5 Å². The lowest BCUT2D eigenvalue weighted by Crippen LogP contribution is -2.25. The van der Waals surface area contributed by atoms with E-state index in [-0.39, 0.29) is 5.57 Å². The van der Waals surface area contributed by atoms with E-state index in [1.54, 1.807) is 24.4 Å². The molecule has 0 radical (unpaired) electrons. The van der Waals surface area contributed by atoms with Gasteiger partial charge in [-0.2, -0.15) is 18.3 Å². The summed E-state index contributed by atoms with van der Waals surface area (Å²) in [6.45, 7) is 2.93. The molecule has 3 aromatic rings. The molecule has 30 heavy (non-hydrogen) atoms. The number of nitrogens with zero attached hydrogens (tertiary/aromatic N) is 4. The molecule has 3 N–H and O–H groups in total. The summed E-state index contributed by atoms with van der Waals surface area (Å²) in [4.78, 5) is 8.78. The smallest absolute Gasteiger partial charge is 0.382 e. The topological polar surface area (TPSA) is 99.5 Å². The molecule has 0 fully saturated rings. The SMILES string of the molecule is CC(C)c1cnnc(Nc2ccc3ncc(/C(C=N)=C/NCC(F)(F)F)cc3n2)c1. The minimum atomic E-state index is -4.34. The number of hydrogen-bond donors (Lipinski definition) is 3. The van der Waals surface area contributed by atoms with Crippen LogP contribution in [0.3, 0.4) is 0 Å². The van der Waals surface area contributed by atoms with Crippen LogP contribution in [0.25, 0.3) is 16.6 Å². The van der Waals surface area contributed by atoms with E-state index in [0.717, 1.165) is 18.0 Å². The first kappa shape index (κ1) is 21.2. The fraction of sp³-hybridized carbons (Fsp3) is 0.250. The lowest BCUT2D eigenvalue weighted by atomic mass is 10.1. The first-order valence-electron chi connectivity index (χ1n) is 9.13. The van der Waals surface area contributed by atoms with Crippen LogP contribution < -0.4 is 10.6 Å². The van der Waals surface area contributed by atoms with Gasteiger partial charge in [0.1, 0.15) is 12.4 Å². The number of nitrogens with one attached hydrogen (secondary N) is 3. The van der Waals surface area contributed by atoms with Crippen LogP contribution in [0.5, 0.6) is 0 Å². The van der Waals surface area contributed by atoms with E-state index in [9.17, 15) is 13.2 Å². The van der Waals surface area contributed by atoms with Crippen LogP contribution in [-0.4, -0.2) is 39.1 Å². The maximum absolute atomic E-state index is 12.3. The van der Waals surface area contributed by atoms with E-state index in [4.69, 9.17) is 5.41 Å². The minimum Gasteiger partial charge on any atom is -0.382 e. The average molecular weight is 415 g/mol. The maximum atomic E-state index is 12.3. The molecule has 0 bridgehead atoms. The van der Waals surface area contributed by atoms with Gasteiger partial charge in [0.05, 0.1) is 17.2 Å². The molecule has 10 heteroatoms. The van der Waals surface area contributed by atoms with E-state index in [1.165, 1.54) is 6.20 Å². The van der Waals surface area contributed by atoms with Crippen molar-refractivity contribution in [3.63, 3.8) is 0 Å². The van der Waals surface area contributed by atoms with Gasteiger partial charge < -0.3 is 16.0 Å². The van der Waals surface area contributed by atoms with E-state index in [0.29, 0.717) is 34.2 Å². The number of fused-ring (bicyclic) bond motifs is 1. The second kappa shape index (κ2) is 8.85. The van der Waals surface area contributed by atoms with Gasteiger partial charge in [-0.15, -0.1) is 5.10 Å². The van der Waals surface area contributed by atoms with Crippen LogP contribution in [0.4, 0.5) is 24.8 Å². The third-order valence-corrected chi connectivity index (χ3v) is 4.18. The van der Waals surface area contributed by atoms with Crippen LogP contribution in [0.15, 0.2) is 42.9 Å². The highest BCUT2D eigenvalue weighted by Gasteiger charge is 2.25. The molecule has 3 aromatic heterocycles. The maximum Gasteiger partial charge on any atom is 0.405 e. The van der Waals surface area contributed by atoms with Gasteiger partial charge in [-0.05, 0) is 35.7 Å². The number of anilines is 2. The number of aromatic nitrogens is 4. The molecule has 0 atom stereocenters. The Morgan fingerprint density at radius 1 is 1.13 bits per heavy atom. The van der Waals surface area contributed by atoms with Gasteiger partial charge in [0.2, 0.25) is 0 Å². The third kappa shape index (κ3) is 5.49. The molecule has 0 saturated carbocycles. The monoisotopic (exact) mass is 415 g/mol. The molecule has 0 amide bonds. The fourth-order valence-corrected chi connectivity index (χ4v) is 2.61. The van der Waals surface area contributed by atoms with Gasteiger partial charge >= 0.3 is 6.18 Å². The summed E-state index contributed by atoms with van der Waals surface area (Å²) >= 11 is 0. The van der Waals surface area contributed by atoms with Crippen LogP contribution in [0.2, 0.25) is 0 Å². The molecule has 7 nitrogen and oxygen atoms in total. The summed E-state index contributed by atoms with van der Waals surface area (Å²) in [5, 5.41) is 20.8. The summed E-state index contributed by atoms with van der Waals surface area (Å²) in [6.07, 6.45) is 0.946. The molecule has 156 valence electrons. The largest absolute Gasteiger partial charge is 0.405 e. The van der Waals surface area contributed by atoms with Crippen LogP contribution in [-0.2, 0) is 0 Å². The van der Waals surface area contributed by atoms with Crippen LogP contribution in [0.1, 0.15) is 30.9 Å². The highest BCUT2D eigenvalue weighted by Crippen LogP contribution is 2.22. The van der Waals surface area contributed by atoms with Gasteiger partial charge in [-0.1, -0.05) is 13.8 Å². The van der Waals surface area contributed by atoms with E-state index in [1.807, 2.05) is 6.07 Å².